The smallest absolute Gasteiger partial charge is 0.208 e. The molecule has 5 nitrogen and oxygen atoms in total. The molecule has 0 aromatic heterocycles. The molecule has 5 fully saturated rings. The highest BCUT2D eigenvalue weighted by Crippen LogP contribution is 2.65. The van der Waals surface area contributed by atoms with E-state index in [2.05, 4.69) is 37.7 Å². The summed E-state index contributed by atoms with van der Waals surface area (Å²) >= 11 is 0. The number of hydrogen-bond donors (Lipinski definition) is 2. The number of rotatable bonds is 2. The zero-order chi connectivity index (χ0) is 24.8. The Bertz CT molecular complexity index is 994. The zero-order valence-electron chi connectivity index (χ0n) is 22.6. The molecule has 0 amide bonds. The Hall–Kier alpha value is -0.430. The highest BCUT2D eigenvalue weighted by Gasteiger charge is 2.59. The van der Waals surface area contributed by atoms with Gasteiger partial charge >= 0.3 is 0 Å². The summed E-state index contributed by atoms with van der Waals surface area (Å²) in [6, 6.07) is 0.660. The van der Waals surface area contributed by atoms with Crippen molar-refractivity contribution >= 4 is 10.0 Å². The highest BCUT2D eigenvalue weighted by molar-refractivity contribution is 7.88. The Labute approximate surface area is 213 Å². The van der Waals surface area contributed by atoms with Gasteiger partial charge in [0.05, 0.1) is 18.0 Å². The highest BCUT2D eigenvalue weighted by atomic mass is 32.2. The summed E-state index contributed by atoms with van der Waals surface area (Å²) in [7, 11) is -3.13. The van der Waals surface area contributed by atoms with Gasteiger partial charge in [-0.15, -0.1) is 0 Å². The third-order valence-electron chi connectivity index (χ3n) is 12.0. The van der Waals surface area contributed by atoms with Gasteiger partial charge in [-0.05, 0) is 113 Å². The van der Waals surface area contributed by atoms with Crippen LogP contribution in [0.3, 0.4) is 0 Å². The Balaban J connectivity index is 1.22. The second-order valence-electron chi connectivity index (χ2n) is 14.0. The number of ether oxygens (including phenoxy) is 1. The van der Waals surface area contributed by atoms with Gasteiger partial charge in [-0.25, -0.2) is 13.1 Å². The number of allylic oxidation sites excluding steroid dienone is 1. The number of fused-ring (bicyclic) bond motifs is 6. The van der Waals surface area contributed by atoms with Gasteiger partial charge in [0.15, 0.2) is 0 Å². The van der Waals surface area contributed by atoms with Crippen LogP contribution >= 0.6 is 0 Å². The van der Waals surface area contributed by atoms with Gasteiger partial charge in [0.2, 0.25) is 10.0 Å². The fraction of sp³-hybridized carbons (Fsp3) is 0.931. The molecule has 2 aliphatic heterocycles. The Morgan fingerprint density at radius 3 is 2.66 bits per heavy atom. The van der Waals surface area contributed by atoms with Crippen molar-refractivity contribution in [3.8, 4) is 0 Å². The Morgan fingerprint density at radius 1 is 1.09 bits per heavy atom. The summed E-state index contributed by atoms with van der Waals surface area (Å²) in [5.41, 5.74) is 3.83. The Morgan fingerprint density at radius 2 is 1.89 bits per heavy atom. The van der Waals surface area contributed by atoms with Crippen molar-refractivity contribution in [1.82, 2.24) is 10.0 Å². The van der Waals surface area contributed by atoms with Crippen molar-refractivity contribution in [2.45, 2.75) is 116 Å². The summed E-state index contributed by atoms with van der Waals surface area (Å²) in [6.07, 6.45) is 13.6. The van der Waals surface area contributed by atoms with Crippen LogP contribution < -0.4 is 10.0 Å². The molecule has 4 aliphatic carbocycles. The van der Waals surface area contributed by atoms with E-state index in [4.69, 9.17) is 4.74 Å². The lowest BCUT2D eigenvalue weighted by atomic mass is 9.52. The van der Waals surface area contributed by atoms with Crippen LogP contribution in [0.25, 0.3) is 0 Å². The van der Waals surface area contributed by atoms with Gasteiger partial charge in [0, 0.05) is 18.0 Å². The van der Waals surface area contributed by atoms with Gasteiger partial charge in [0.25, 0.3) is 0 Å². The number of nitrogens with one attached hydrogen (secondary N) is 2. The third-order valence-corrected chi connectivity index (χ3v) is 12.8. The summed E-state index contributed by atoms with van der Waals surface area (Å²) in [4.78, 5) is 0. The second-order valence-corrected chi connectivity index (χ2v) is 15.8. The van der Waals surface area contributed by atoms with Crippen molar-refractivity contribution in [3.05, 3.63) is 11.1 Å². The van der Waals surface area contributed by atoms with Crippen molar-refractivity contribution < 1.29 is 13.2 Å². The van der Waals surface area contributed by atoms with E-state index in [1.165, 1.54) is 51.2 Å². The van der Waals surface area contributed by atoms with Gasteiger partial charge in [0.1, 0.15) is 0 Å². The van der Waals surface area contributed by atoms with Gasteiger partial charge in [-0.2, -0.15) is 0 Å². The van der Waals surface area contributed by atoms with Gasteiger partial charge < -0.3 is 10.1 Å². The van der Waals surface area contributed by atoms with Crippen LogP contribution in [-0.2, 0) is 14.8 Å². The van der Waals surface area contributed by atoms with Gasteiger partial charge in [-0.1, -0.05) is 31.9 Å². The van der Waals surface area contributed by atoms with Crippen LogP contribution in [0.5, 0.6) is 0 Å². The molecule has 3 saturated carbocycles. The fourth-order valence-corrected chi connectivity index (χ4v) is 11.1. The second kappa shape index (κ2) is 8.54. The zero-order valence-corrected chi connectivity index (χ0v) is 23.4. The molecule has 11 atom stereocenters. The molecule has 2 N–H and O–H groups in total. The van der Waals surface area contributed by atoms with E-state index in [0.29, 0.717) is 35.3 Å². The van der Waals surface area contributed by atoms with E-state index in [0.717, 1.165) is 43.6 Å². The minimum atomic E-state index is -3.13. The first kappa shape index (κ1) is 24.9. The molecule has 2 heterocycles. The molecular formula is C29H48N2O3S. The van der Waals surface area contributed by atoms with E-state index < -0.39 is 10.0 Å². The van der Waals surface area contributed by atoms with Crippen LogP contribution in [0, 0.1) is 40.9 Å². The first-order chi connectivity index (χ1) is 16.5. The molecule has 6 heteroatoms. The van der Waals surface area contributed by atoms with E-state index in [9.17, 15) is 8.42 Å². The maximum Gasteiger partial charge on any atom is 0.208 e. The third kappa shape index (κ3) is 4.08. The largest absolute Gasteiger partial charge is 0.369 e. The predicted octanol–water partition coefficient (Wildman–Crippen LogP) is 5.03. The molecule has 1 spiro atoms. The van der Waals surface area contributed by atoms with E-state index in [-0.39, 0.29) is 11.6 Å². The number of sulfonamides is 1. The van der Waals surface area contributed by atoms with Crippen LogP contribution in [0.15, 0.2) is 11.1 Å². The van der Waals surface area contributed by atoms with Crippen molar-refractivity contribution in [3.63, 3.8) is 0 Å². The SMILES string of the molecule is CC1=C2C[C@H]3[C@@H](CC[C@@H]4C[C@H](NS(C)(=O)=O)CC[C@@]43C)[C@@H]2CC[C@@]2(C1)OC1C[C@H](C)CN[C@H]1[C@H]2C. The minimum absolute atomic E-state index is 0.0276. The Kier molecular flexibility index (Phi) is 6.07. The van der Waals surface area contributed by atoms with Crippen LogP contribution in [0.1, 0.15) is 91.9 Å². The molecular weight excluding hydrogens is 456 g/mol. The summed E-state index contributed by atoms with van der Waals surface area (Å²) < 4.78 is 33.7. The molecule has 0 aromatic rings. The normalized spacial score (nSPS) is 52.0. The topological polar surface area (TPSA) is 67.4 Å². The predicted molar refractivity (Wildman–Crippen MR) is 140 cm³/mol. The van der Waals surface area contributed by atoms with Crippen molar-refractivity contribution in [2.75, 3.05) is 12.8 Å². The van der Waals surface area contributed by atoms with E-state index >= 15 is 0 Å². The molecule has 0 aromatic carbocycles. The van der Waals surface area contributed by atoms with Crippen molar-refractivity contribution in [2.24, 2.45) is 40.9 Å². The lowest BCUT2D eigenvalue weighted by molar-refractivity contribution is -0.0746. The number of hydrogen-bond acceptors (Lipinski definition) is 4. The average Bonchev–Trinajstić information content (AvgIpc) is 3.23. The molecule has 0 radical (unpaired) electrons. The molecule has 35 heavy (non-hydrogen) atoms. The van der Waals surface area contributed by atoms with Gasteiger partial charge in [-0.3, -0.25) is 0 Å². The fourth-order valence-electron chi connectivity index (χ4n) is 10.2. The lowest BCUT2D eigenvalue weighted by Gasteiger charge is -2.54. The van der Waals surface area contributed by atoms with Crippen LogP contribution in [0.4, 0.5) is 0 Å². The monoisotopic (exact) mass is 504 g/mol. The van der Waals surface area contributed by atoms with E-state index in [1.807, 2.05) is 0 Å². The quantitative estimate of drug-likeness (QED) is 0.518. The standard InChI is InChI=1S/C29H48N2O3S/c1-17-12-26-27(30-16-17)19(3)29(34-26)11-9-22-23-7-6-20-13-21(31-35(5,32)33)8-10-28(20,4)25(23)14-24(22)18(2)15-29/h17,19-23,25-27,30-31H,6-16H2,1-5H3/t17-,19+,20+,21+,22-,23-,25-,26?,27-,28-,29-/m0/s1. The molecule has 0 bridgehead atoms. The molecule has 198 valence electrons. The average molecular weight is 505 g/mol. The van der Waals surface area contributed by atoms with Crippen molar-refractivity contribution in [1.29, 1.82) is 0 Å². The molecule has 6 rings (SSSR count). The first-order valence-electron chi connectivity index (χ1n) is 14.6. The minimum Gasteiger partial charge on any atom is -0.369 e. The lowest BCUT2D eigenvalue weighted by Crippen LogP contribution is -2.50. The van der Waals surface area contributed by atoms with Crippen LogP contribution in [-0.4, -0.2) is 45.0 Å². The summed E-state index contributed by atoms with van der Waals surface area (Å²) in [5, 5.41) is 3.85. The summed E-state index contributed by atoms with van der Waals surface area (Å²) in [6.45, 7) is 11.0. The summed E-state index contributed by atoms with van der Waals surface area (Å²) in [5.74, 6) is 4.28. The molecule has 1 unspecified atom stereocenters. The number of piperidine rings is 1. The van der Waals surface area contributed by atoms with Crippen LogP contribution in [0.2, 0.25) is 0 Å². The molecule has 6 aliphatic rings. The molecule has 2 saturated heterocycles. The van der Waals surface area contributed by atoms with E-state index in [1.54, 1.807) is 11.1 Å². The maximum absolute atomic E-state index is 11.9. The first-order valence-corrected chi connectivity index (χ1v) is 16.5. The maximum atomic E-state index is 11.9.